The molecular formula is C5H7F4. The van der Waals surface area contributed by atoms with Crippen LogP contribution in [0.4, 0.5) is 17.6 Å². The van der Waals surface area contributed by atoms with Crippen molar-refractivity contribution in [2.24, 2.45) is 0 Å². The molecule has 0 saturated carbocycles. The molecule has 0 rings (SSSR count). The lowest BCUT2D eigenvalue weighted by Crippen LogP contribution is -2.14. The van der Waals surface area contributed by atoms with Gasteiger partial charge in [0.1, 0.15) is 6.17 Å². The quantitative estimate of drug-likeness (QED) is 0.521. The molecule has 0 saturated heterocycles. The molecule has 0 aromatic carbocycles. The van der Waals surface area contributed by atoms with E-state index in [-0.39, 0.29) is 6.42 Å². The third-order valence-corrected chi connectivity index (χ3v) is 0.766. The third kappa shape index (κ3) is 5.59. The van der Waals surface area contributed by atoms with E-state index in [9.17, 15) is 17.6 Å². The average molecular weight is 143 g/mol. The summed E-state index contributed by atoms with van der Waals surface area (Å²) >= 11 is 0. The van der Waals surface area contributed by atoms with Crippen LogP contribution in [0.2, 0.25) is 0 Å². The van der Waals surface area contributed by atoms with Crippen LogP contribution in [-0.4, -0.2) is 12.3 Å². The molecule has 0 N–H and O–H groups in total. The summed E-state index contributed by atoms with van der Waals surface area (Å²) in [7, 11) is 0. The van der Waals surface area contributed by atoms with Crippen LogP contribution in [0.5, 0.6) is 0 Å². The predicted molar refractivity (Wildman–Crippen MR) is 25.5 cm³/mol. The van der Waals surface area contributed by atoms with Crippen LogP contribution >= 0.6 is 0 Å². The first kappa shape index (κ1) is 8.72. The Bertz CT molecular complexity index is 75.5. The molecule has 4 heteroatoms. The maximum Gasteiger partial charge on any atom is 0.391 e. The van der Waals surface area contributed by atoms with Gasteiger partial charge in [-0.3, -0.25) is 0 Å². The molecule has 0 bridgehead atoms. The zero-order valence-corrected chi connectivity index (χ0v) is 4.71. The number of alkyl halides is 4. The average Bonchev–Trinajstić information content (AvgIpc) is 1.62. The van der Waals surface area contributed by atoms with Crippen molar-refractivity contribution in [2.45, 2.75) is 25.2 Å². The summed E-state index contributed by atoms with van der Waals surface area (Å²) in [5, 5.41) is 0. The van der Waals surface area contributed by atoms with Crippen LogP contribution < -0.4 is 0 Å². The van der Waals surface area contributed by atoms with Crippen molar-refractivity contribution in [3.8, 4) is 0 Å². The van der Waals surface area contributed by atoms with Crippen LogP contribution in [-0.2, 0) is 0 Å². The van der Waals surface area contributed by atoms with E-state index >= 15 is 0 Å². The summed E-state index contributed by atoms with van der Waals surface area (Å²) in [5.74, 6) is 0. The Morgan fingerprint density at radius 2 is 1.78 bits per heavy atom. The molecule has 0 spiro atoms. The van der Waals surface area contributed by atoms with Gasteiger partial charge in [-0.15, -0.1) is 0 Å². The van der Waals surface area contributed by atoms with Crippen molar-refractivity contribution < 1.29 is 17.6 Å². The second-order valence-electron chi connectivity index (χ2n) is 1.71. The highest BCUT2D eigenvalue weighted by molar-refractivity contribution is 4.62. The van der Waals surface area contributed by atoms with E-state index in [0.29, 0.717) is 0 Å². The van der Waals surface area contributed by atoms with Gasteiger partial charge in [-0.05, 0) is 6.42 Å². The first-order valence-corrected chi connectivity index (χ1v) is 2.46. The maximum absolute atomic E-state index is 11.8. The fourth-order valence-electron chi connectivity index (χ4n) is 0.353. The standard InChI is InChI=1S/C5H7F4/c1-2-4(6)3-5(7,8)9/h4H,1-3H2. The van der Waals surface area contributed by atoms with Gasteiger partial charge in [0.25, 0.3) is 0 Å². The molecule has 9 heavy (non-hydrogen) atoms. The summed E-state index contributed by atoms with van der Waals surface area (Å²) in [6.07, 6.45) is -7.93. The van der Waals surface area contributed by atoms with Crippen LogP contribution in [0.15, 0.2) is 0 Å². The Balaban J connectivity index is 3.47. The van der Waals surface area contributed by atoms with Crippen LogP contribution in [0.1, 0.15) is 12.8 Å². The molecule has 0 heterocycles. The molecule has 1 radical (unpaired) electrons. The molecule has 0 nitrogen and oxygen atoms in total. The molecule has 0 aliphatic carbocycles. The molecule has 0 aliphatic heterocycles. The Morgan fingerprint density at radius 3 is 1.89 bits per heavy atom. The predicted octanol–water partition coefficient (Wildman–Crippen LogP) is 2.50. The lowest BCUT2D eigenvalue weighted by molar-refractivity contribution is -0.145. The monoisotopic (exact) mass is 143 g/mol. The minimum Gasteiger partial charge on any atom is -0.247 e. The summed E-state index contributed by atoms with van der Waals surface area (Å²) in [4.78, 5) is 0. The van der Waals surface area contributed by atoms with Gasteiger partial charge in [-0.1, -0.05) is 6.92 Å². The van der Waals surface area contributed by atoms with Gasteiger partial charge >= 0.3 is 6.18 Å². The second-order valence-corrected chi connectivity index (χ2v) is 1.71. The first-order valence-electron chi connectivity index (χ1n) is 2.46. The second kappa shape index (κ2) is 3.03. The number of hydrogen-bond acceptors (Lipinski definition) is 0. The van der Waals surface area contributed by atoms with Gasteiger partial charge in [0, 0.05) is 0 Å². The van der Waals surface area contributed by atoms with Gasteiger partial charge in [0.15, 0.2) is 0 Å². The highest BCUT2D eigenvalue weighted by atomic mass is 19.4. The van der Waals surface area contributed by atoms with Crippen molar-refractivity contribution >= 4 is 0 Å². The Kier molecular flexibility index (Phi) is 2.94. The van der Waals surface area contributed by atoms with Crippen LogP contribution in [0.25, 0.3) is 0 Å². The van der Waals surface area contributed by atoms with Crippen molar-refractivity contribution in [2.75, 3.05) is 0 Å². The summed E-state index contributed by atoms with van der Waals surface area (Å²) in [6.45, 7) is 2.99. The van der Waals surface area contributed by atoms with Crippen molar-refractivity contribution in [1.82, 2.24) is 0 Å². The normalized spacial score (nSPS) is 15.7. The summed E-state index contributed by atoms with van der Waals surface area (Å²) in [5.41, 5.74) is 0. The topological polar surface area (TPSA) is 0 Å². The fraction of sp³-hybridized carbons (Fsp3) is 0.800. The lowest BCUT2D eigenvalue weighted by atomic mass is 10.2. The molecule has 0 fully saturated rings. The van der Waals surface area contributed by atoms with Gasteiger partial charge in [0.2, 0.25) is 0 Å². The molecule has 55 valence electrons. The first-order chi connectivity index (χ1) is 3.95. The Labute approximate surface area is 50.9 Å². The summed E-state index contributed by atoms with van der Waals surface area (Å²) < 4.78 is 45.5. The highest BCUT2D eigenvalue weighted by Gasteiger charge is 2.30. The molecule has 0 amide bonds. The van der Waals surface area contributed by atoms with Crippen molar-refractivity contribution in [3.05, 3.63) is 6.92 Å². The minimum atomic E-state index is -4.39. The molecule has 0 aromatic rings. The van der Waals surface area contributed by atoms with Crippen molar-refractivity contribution in [1.29, 1.82) is 0 Å². The van der Waals surface area contributed by atoms with Crippen molar-refractivity contribution in [3.63, 3.8) is 0 Å². The van der Waals surface area contributed by atoms with E-state index < -0.39 is 18.8 Å². The van der Waals surface area contributed by atoms with E-state index in [2.05, 4.69) is 6.92 Å². The maximum atomic E-state index is 11.8. The highest BCUT2D eigenvalue weighted by Crippen LogP contribution is 2.23. The molecule has 1 atom stereocenters. The van der Waals surface area contributed by atoms with Gasteiger partial charge < -0.3 is 0 Å². The Hall–Kier alpha value is -0.280. The minimum absolute atomic E-state index is 0.320. The van der Waals surface area contributed by atoms with E-state index in [1.165, 1.54) is 0 Å². The van der Waals surface area contributed by atoms with Crippen LogP contribution in [0, 0.1) is 6.92 Å². The van der Waals surface area contributed by atoms with Gasteiger partial charge in [0.05, 0.1) is 6.42 Å². The van der Waals surface area contributed by atoms with Gasteiger partial charge in [-0.2, -0.15) is 13.2 Å². The SMILES string of the molecule is [CH2]CC(F)CC(F)(F)F. The smallest absolute Gasteiger partial charge is 0.247 e. The largest absolute Gasteiger partial charge is 0.391 e. The number of hydrogen-bond donors (Lipinski definition) is 0. The fourth-order valence-corrected chi connectivity index (χ4v) is 0.353. The lowest BCUT2D eigenvalue weighted by Gasteiger charge is -2.07. The van der Waals surface area contributed by atoms with E-state index in [0.717, 1.165) is 0 Å². The molecule has 0 aliphatic rings. The number of rotatable bonds is 2. The van der Waals surface area contributed by atoms with E-state index in [1.807, 2.05) is 0 Å². The van der Waals surface area contributed by atoms with Gasteiger partial charge in [-0.25, -0.2) is 4.39 Å². The zero-order chi connectivity index (χ0) is 7.49. The number of halogens is 4. The zero-order valence-electron chi connectivity index (χ0n) is 4.71. The molecule has 1 unspecified atom stereocenters. The third-order valence-electron chi connectivity index (χ3n) is 0.766. The molecule has 0 aromatic heterocycles. The van der Waals surface area contributed by atoms with E-state index in [4.69, 9.17) is 0 Å². The van der Waals surface area contributed by atoms with E-state index in [1.54, 1.807) is 0 Å². The summed E-state index contributed by atoms with van der Waals surface area (Å²) in [6, 6.07) is 0. The molecular weight excluding hydrogens is 136 g/mol. The van der Waals surface area contributed by atoms with Crippen LogP contribution in [0.3, 0.4) is 0 Å². The Morgan fingerprint density at radius 1 is 1.33 bits per heavy atom.